The van der Waals surface area contributed by atoms with Gasteiger partial charge >= 0.3 is 0 Å². The highest BCUT2D eigenvalue weighted by Gasteiger charge is 2.03. The van der Waals surface area contributed by atoms with E-state index >= 15 is 0 Å². The summed E-state index contributed by atoms with van der Waals surface area (Å²) in [5.74, 6) is 1.89. The van der Waals surface area contributed by atoms with E-state index in [1.807, 2.05) is 0 Å². The summed E-state index contributed by atoms with van der Waals surface area (Å²) >= 11 is 0. The summed E-state index contributed by atoms with van der Waals surface area (Å²) in [6.45, 7) is 9.31. The van der Waals surface area contributed by atoms with Crippen LogP contribution in [0, 0.1) is 11.8 Å². The first-order chi connectivity index (χ1) is 5.20. The van der Waals surface area contributed by atoms with Gasteiger partial charge in [0.15, 0.2) is 0 Å². The monoisotopic (exact) mass is 156 g/mol. The Morgan fingerprint density at radius 1 is 0.818 bits per heavy atom. The summed E-state index contributed by atoms with van der Waals surface area (Å²) in [5, 5.41) is 0. The quantitative estimate of drug-likeness (QED) is 0.539. The van der Waals surface area contributed by atoms with Gasteiger partial charge in [-0.1, -0.05) is 59.8 Å². The summed E-state index contributed by atoms with van der Waals surface area (Å²) in [6.07, 6.45) is 6.97. The molecule has 2 atom stereocenters. The third kappa shape index (κ3) is 6.40. The third-order valence-electron chi connectivity index (χ3n) is 2.63. The van der Waals surface area contributed by atoms with Gasteiger partial charge in [-0.2, -0.15) is 0 Å². The zero-order valence-electron chi connectivity index (χ0n) is 8.69. The summed E-state index contributed by atoms with van der Waals surface area (Å²) in [4.78, 5) is 0. The molecule has 0 rings (SSSR count). The van der Waals surface area contributed by atoms with E-state index in [4.69, 9.17) is 0 Å². The van der Waals surface area contributed by atoms with Crippen molar-refractivity contribution < 1.29 is 0 Å². The molecule has 0 saturated heterocycles. The lowest BCUT2D eigenvalue weighted by molar-refractivity contribution is 0.404. The van der Waals surface area contributed by atoms with Gasteiger partial charge in [0, 0.05) is 0 Å². The molecule has 0 aromatic rings. The summed E-state index contributed by atoms with van der Waals surface area (Å²) < 4.78 is 0. The molecule has 0 nitrogen and oxygen atoms in total. The van der Waals surface area contributed by atoms with E-state index in [9.17, 15) is 0 Å². The highest BCUT2D eigenvalue weighted by molar-refractivity contribution is 4.56. The van der Waals surface area contributed by atoms with E-state index in [0.29, 0.717) is 0 Å². The zero-order chi connectivity index (χ0) is 8.69. The van der Waals surface area contributed by atoms with Crippen LogP contribution in [-0.4, -0.2) is 0 Å². The van der Waals surface area contributed by atoms with Crippen molar-refractivity contribution in [2.75, 3.05) is 0 Å². The first-order valence-corrected chi connectivity index (χ1v) is 5.20. The fourth-order valence-corrected chi connectivity index (χ4v) is 1.41. The Balaban J connectivity index is 3.22. The van der Waals surface area contributed by atoms with E-state index < -0.39 is 0 Å². The van der Waals surface area contributed by atoms with Gasteiger partial charge in [0.2, 0.25) is 0 Å². The van der Waals surface area contributed by atoms with Crippen LogP contribution in [0.5, 0.6) is 0 Å². The van der Waals surface area contributed by atoms with E-state index in [0.717, 1.165) is 11.8 Å². The Hall–Kier alpha value is 0. The summed E-state index contributed by atoms with van der Waals surface area (Å²) in [6, 6.07) is 0. The Bertz CT molecular complexity index is 76.1. The lowest BCUT2D eigenvalue weighted by Crippen LogP contribution is -1.98. The van der Waals surface area contributed by atoms with Gasteiger partial charge in [-0.3, -0.25) is 0 Å². The van der Waals surface area contributed by atoms with Crippen LogP contribution in [-0.2, 0) is 0 Å². The van der Waals surface area contributed by atoms with Crippen molar-refractivity contribution in [1.82, 2.24) is 0 Å². The van der Waals surface area contributed by atoms with Crippen molar-refractivity contribution in [2.24, 2.45) is 11.8 Å². The number of hydrogen-bond acceptors (Lipinski definition) is 0. The van der Waals surface area contributed by atoms with Gasteiger partial charge in [-0.15, -0.1) is 0 Å². The highest BCUT2D eigenvalue weighted by atomic mass is 14.1. The maximum Gasteiger partial charge on any atom is -0.0443 e. The maximum atomic E-state index is 2.38. The molecule has 0 radical (unpaired) electrons. The Morgan fingerprint density at radius 3 is 1.82 bits per heavy atom. The molecule has 0 heterocycles. The molecule has 0 heteroatoms. The first-order valence-electron chi connectivity index (χ1n) is 5.20. The Labute approximate surface area is 72.4 Å². The molecule has 0 aromatic carbocycles. The minimum Gasteiger partial charge on any atom is -0.0654 e. The van der Waals surface area contributed by atoms with E-state index in [2.05, 4.69) is 27.7 Å². The minimum atomic E-state index is 0.939. The lowest BCUT2D eigenvalue weighted by Gasteiger charge is -2.12. The molecule has 0 unspecified atom stereocenters. The van der Waals surface area contributed by atoms with Crippen molar-refractivity contribution in [3.05, 3.63) is 0 Å². The van der Waals surface area contributed by atoms with Crippen molar-refractivity contribution in [2.45, 2.75) is 59.8 Å². The van der Waals surface area contributed by atoms with Crippen molar-refractivity contribution in [3.8, 4) is 0 Å². The molecular formula is C11H24. The molecule has 0 aliphatic heterocycles. The second-order valence-electron chi connectivity index (χ2n) is 3.98. The van der Waals surface area contributed by atoms with Gasteiger partial charge in [0.1, 0.15) is 0 Å². The number of hydrogen-bond donors (Lipinski definition) is 0. The molecule has 0 saturated carbocycles. The molecule has 0 aliphatic carbocycles. The summed E-state index contributed by atoms with van der Waals surface area (Å²) in [7, 11) is 0. The zero-order valence-corrected chi connectivity index (χ0v) is 8.69. The minimum absolute atomic E-state index is 0.939. The van der Waals surface area contributed by atoms with Gasteiger partial charge in [-0.05, 0) is 11.8 Å². The molecule has 68 valence electrons. The molecule has 0 spiro atoms. The highest BCUT2D eigenvalue weighted by Crippen LogP contribution is 2.17. The van der Waals surface area contributed by atoms with Crippen LogP contribution < -0.4 is 0 Å². The molecule has 0 N–H and O–H groups in total. The van der Waals surface area contributed by atoms with E-state index in [1.165, 1.54) is 32.1 Å². The SMILES string of the molecule is CCC[C@H](C)CC[C@H](C)CC. The maximum absolute atomic E-state index is 2.38. The van der Waals surface area contributed by atoms with Crippen molar-refractivity contribution >= 4 is 0 Å². The van der Waals surface area contributed by atoms with Crippen LogP contribution in [0.1, 0.15) is 59.8 Å². The van der Waals surface area contributed by atoms with Crippen LogP contribution in [0.2, 0.25) is 0 Å². The standard InChI is InChI=1S/C11H24/c1-5-7-11(4)9-8-10(3)6-2/h10-11H,5-9H2,1-4H3/t10-,11+/m1/s1. The van der Waals surface area contributed by atoms with Gasteiger partial charge in [0.05, 0.1) is 0 Å². The average molecular weight is 156 g/mol. The second kappa shape index (κ2) is 6.69. The second-order valence-corrected chi connectivity index (χ2v) is 3.98. The van der Waals surface area contributed by atoms with Crippen LogP contribution >= 0.6 is 0 Å². The van der Waals surface area contributed by atoms with Crippen LogP contribution in [0.25, 0.3) is 0 Å². The van der Waals surface area contributed by atoms with Crippen molar-refractivity contribution in [1.29, 1.82) is 0 Å². The van der Waals surface area contributed by atoms with Crippen molar-refractivity contribution in [3.63, 3.8) is 0 Å². The molecule has 0 aromatic heterocycles. The Kier molecular flexibility index (Phi) is 6.69. The predicted molar refractivity (Wildman–Crippen MR) is 52.8 cm³/mol. The molecular weight excluding hydrogens is 132 g/mol. The van der Waals surface area contributed by atoms with E-state index in [-0.39, 0.29) is 0 Å². The molecule has 0 amide bonds. The lowest BCUT2D eigenvalue weighted by atomic mass is 9.94. The fraction of sp³-hybridized carbons (Fsp3) is 1.00. The Morgan fingerprint density at radius 2 is 1.36 bits per heavy atom. The van der Waals surface area contributed by atoms with Gasteiger partial charge in [0.25, 0.3) is 0 Å². The average Bonchev–Trinajstić information content (AvgIpc) is 2.01. The first kappa shape index (κ1) is 11.0. The van der Waals surface area contributed by atoms with Gasteiger partial charge in [-0.25, -0.2) is 0 Å². The number of rotatable bonds is 6. The molecule has 0 fully saturated rings. The molecule has 0 aliphatic rings. The largest absolute Gasteiger partial charge is 0.0654 e. The van der Waals surface area contributed by atoms with Gasteiger partial charge < -0.3 is 0 Å². The molecule has 0 bridgehead atoms. The fourth-order valence-electron chi connectivity index (χ4n) is 1.41. The van der Waals surface area contributed by atoms with Crippen LogP contribution in [0.15, 0.2) is 0 Å². The third-order valence-corrected chi connectivity index (χ3v) is 2.63. The van der Waals surface area contributed by atoms with Crippen LogP contribution in [0.3, 0.4) is 0 Å². The smallest absolute Gasteiger partial charge is 0.0443 e. The molecule has 11 heavy (non-hydrogen) atoms. The van der Waals surface area contributed by atoms with Crippen LogP contribution in [0.4, 0.5) is 0 Å². The predicted octanol–water partition coefficient (Wildman–Crippen LogP) is 4.25. The van der Waals surface area contributed by atoms with E-state index in [1.54, 1.807) is 0 Å². The summed E-state index contributed by atoms with van der Waals surface area (Å²) in [5.41, 5.74) is 0. The normalized spacial score (nSPS) is 16.4. The topological polar surface area (TPSA) is 0 Å².